The molecule has 0 aliphatic rings. The van der Waals surface area contributed by atoms with E-state index in [4.69, 9.17) is 4.74 Å². The highest BCUT2D eigenvalue weighted by Gasteiger charge is 2.22. The van der Waals surface area contributed by atoms with Gasteiger partial charge in [0.15, 0.2) is 5.96 Å². The Morgan fingerprint density at radius 1 is 1.12 bits per heavy atom. The molecule has 2 aromatic carbocycles. The quantitative estimate of drug-likeness (QED) is 0.503. The van der Waals surface area contributed by atoms with Gasteiger partial charge in [-0.25, -0.2) is 4.99 Å². The van der Waals surface area contributed by atoms with Gasteiger partial charge in [0.25, 0.3) is 0 Å². The van der Waals surface area contributed by atoms with E-state index in [9.17, 15) is 5.11 Å². The van der Waals surface area contributed by atoms with E-state index < -0.39 is 5.60 Å². The lowest BCUT2D eigenvalue weighted by molar-refractivity contribution is 0.0672. The molecule has 26 heavy (non-hydrogen) atoms. The van der Waals surface area contributed by atoms with Crippen LogP contribution in [0.4, 0.5) is 0 Å². The molecule has 0 saturated heterocycles. The van der Waals surface area contributed by atoms with E-state index in [1.165, 1.54) is 5.56 Å². The van der Waals surface area contributed by atoms with Gasteiger partial charge in [0.1, 0.15) is 11.4 Å². The van der Waals surface area contributed by atoms with Gasteiger partial charge in [-0.3, -0.25) is 0 Å². The molecule has 1 unspecified atom stereocenters. The standard InChI is InChI=1S/C21H29N3O2/c1-4-22-20(23-14-13-17-9-8-12-19(15-17)26-3)24-16-21(2,25)18-10-6-5-7-11-18/h5-12,15,25H,4,13-14,16H2,1-3H3,(H2,22,23,24). The molecule has 0 bridgehead atoms. The minimum atomic E-state index is -1.00. The van der Waals surface area contributed by atoms with Gasteiger partial charge in [-0.1, -0.05) is 42.5 Å². The number of aliphatic imine (C=N–C) groups is 1. The molecule has 2 rings (SSSR count). The maximum atomic E-state index is 10.7. The average Bonchev–Trinajstić information content (AvgIpc) is 2.67. The molecular formula is C21H29N3O2. The Balaban J connectivity index is 1.93. The zero-order valence-corrected chi connectivity index (χ0v) is 15.8. The van der Waals surface area contributed by atoms with Gasteiger partial charge < -0.3 is 20.5 Å². The minimum Gasteiger partial charge on any atom is -0.497 e. The largest absolute Gasteiger partial charge is 0.497 e. The lowest BCUT2D eigenvalue weighted by Gasteiger charge is -2.22. The van der Waals surface area contributed by atoms with Gasteiger partial charge >= 0.3 is 0 Å². The fraction of sp³-hybridized carbons (Fsp3) is 0.381. The van der Waals surface area contributed by atoms with E-state index in [0.717, 1.165) is 30.8 Å². The van der Waals surface area contributed by atoms with Gasteiger partial charge in [-0.05, 0) is 43.5 Å². The van der Waals surface area contributed by atoms with Gasteiger partial charge in [-0.2, -0.15) is 0 Å². The monoisotopic (exact) mass is 355 g/mol. The summed E-state index contributed by atoms with van der Waals surface area (Å²) in [5.41, 5.74) is 1.05. The third kappa shape index (κ3) is 6.08. The molecular weight excluding hydrogens is 326 g/mol. The second kappa shape index (κ2) is 9.82. The Labute approximate surface area is 156 Å². The smallest absolute Gasteiger partial charge is 0.191 e. The van der Waals surface area contributed by atoms with Crippen molar-refractivity contribution in [3.8, 4) is 5.75 Å². The third-order valence-electron chi connectivity index (χ3n) is 4.13. The van der Waals surface area contributed by atoms with Crippen LogP contribution in [0.5, 0.6) is 5.75 Å². The first kappa shape index (κ1) is 19.8. The van der Waals surface area contributed by atoms with Crippen LogP contribution in [0.15, 0.2) is 59.6 Å². The Morgan fingerprint density at radius 3 is 2.58 bits per heavy atom. The molecule has 1 atom stereocenters. The fourth-order valence-corrected chi connectivity index (χ4v) is 2.62. The van der Waals surface area contributed by atoms with Crippen molar-refractivity contribution in [3.63, 3.8) is 0 Å². The van der Waals surface area contributed by atoms with Gasteiger partial charge in [0.2, 0.25) is 0 Å². The first-order valence-corrected chi connectivity index (χ1v) is 8.98. The predicted octanol–water partition coefficient (Wildman–Crippen LogP) is 2.70. The van der Waals surface area contributed by atoms with Crippen LogP contribution in [0, 0.1) is 0 Å². The number of benzene rings is 2. The van der Waals surface area contributed by atoms with Crippen LogP contribution in [0.1, 0.15) is 25.0 Å². The first-order chi connectivity index (χ1) is 12.5. The predicted molar refractivity (Wildman–Crippen MR) is 107 cm³/mol. The molecule has 3 N–H and O–H groups in total. The summed E-state index contributed by atoms with van der Waals surface area (Å²) in [6, 6.07) is 17.7. The highest BCUT2D eigenvalue weighted by molar-refractivity contribution is 5.79. The van der Waals surface area contributed by atoms with Crippen LogP contribution >= 0.6 is 0 Å². The van der Waals surface area contributed by atoms with E-state index in [0.29, 0.717) is 5.96 Å². The normalized spacial score (nSPS) is 13.8. The number of nitrogens with zero attached hydrogens (tertiary/aromatic N) is 1. The zero-order valence-electron chi connectivity index (χ0n) is 15.8. The number of guanidine groups is 1. The number of ether oxygens (including phenoxy) is 1. The van der Waals surface area contributed by atoms with Crippen LogP contribution in [-0.4, -0.2) is 37.8 Å². The highest BCUT2D eigenvalue weighted by Crippen LogP contribution is 2.20. The summed E-state index contributed by atoms with van der Waals surface area (Å²) in [7, 11) is 1.67. The molecule has 0 saturated carbocycles. The Bertz CT molecular complexity index is 699. The summed E-state index contributed by atoms with van der Waals surface area (Å²) in [5.74, 6) is 1.56. The van der Waals surface area contributed by atoms with Crippen molar-refractivity contribution in [1.82, 2.24) is 10.6 Å². The van der Waals surface area contributed by atoms with Gasteiger partial charge in [0, 0.05) is 13.1 Å². The molecule has 0 spiro atoms. The van der Waals surface area contributed by atoms with Crippen molar-refractivity contribution in [3.05, 3.63) is 65.7 Å². The third-order valence-corrected chi connectivity index (χ3v) is 4.13. The van der Waals surface area contributed by atoms with Crippen LogP contribution in [0.25, 0.3) is 0 Å². The number of aliphatic hydroxyl groups is 1. The summed E-state index contributed by atoms with van der Waals surface area (Å²) in [4.78, 5) is 4.55. The number of hydrogen-bond acceptors (Lipinski definition) is 3. The molecule has 5 nitrogen and oxygen atoms in total. The Hall–Kier alpha value is -2.53. The maximum Gasteiger partial charge on any atom is 0.191 e. The van der Waals surface area contributed by atoms with Gasteiger partial charge in [-0.15, -0.1) is 0 Å². The molecule has 2 aromatic rings. The molecule has 140 valence electrons. The minimum absolute atomic E-state index is 0.283. The van der Waals surface area contributed by atoms with Crippen LogP contribution in [0.3, 0.4) is 0 Å². The van der Waals surface area contributed by atoms with Gasteiger partial charge in [0.05, 0.1) is 13.7 Å². The number of rotatable bonds is 8. The number of methoxy groups -OCH3 is 1. The summed E-state index contributed by atoms with van der Waals surface area (Å²) in [5, 5.41) is 17.2. The topological polar surface area (TPSA) is 65.9 Å². The van der Waals surface area contributed by atoms with Crippen molar-refractivity contribution in [2.75, 3.05) is 26.7 Å². The highest BCUT2D eigenvalue weighted by atomic mass is 16.5. The molecule has 0 heterocycles. The summed E-state index contributed by atoms with van der Waals surface area (Å²) < 4.78 is 5.25. The zero-order chi connectivity index (χ0) is 18.8. The molecule has 0 amide bonds. The van der Waals surface area contributed by atoms with Crippen molar-refractivity contribution in [1.29, 1.82) is 0 Å². The van der Waals surface area contributed by atoms with Crippen LogP contribution < -0.4 is 15.4 Å². The van der Waals surface area contributed by atoms with E-state index in [-0.39, 0.29) is 6.54 Å². The molecule has 0 fully saturated rings. The van der Waals surface area contributed by atoms with E-state index >= 15 is 0 Å². The van der Waals surface area contributed by atoms with E-state index in [1.807, 2.05) is 55.5 Å². The first-order valence-electron chi connectivity index (χ1n) is 8.98. The Morgan fingerprint density at radius 2 is 1.88 bits per heavy atom. The fourth-order valence-electron chi connectivity index (χ4n) is 2.62. The number of hydrogen-bond donors (Lipinski definition) is 3. The second-order valence-corrected chi connectivity index (χ2v) is 6.36. The van der Waals surface area contributed by atoms with Crippen molar-refractivity contribution < 1.29 is 9.84 Å². The summed E-state index contributed by atoms with van der Waals surface area (Å²) in [6.07, 6.45) is 0.858. The SMILES string of the molecule is CCNC(=NCC(C)(O)c1ccccc1)NCCc1cccc(OC)c1. The molecule has 0 aliphatic heterocycles. The maximum absolute atomic E-state index is 10.7. The van der Waals surface area contributed by atoms with Crippen molar-refractivity contribution in [2.24, 2.45) is 4.99 Å². The summed E-state index contributed by atoms with van der Waals surface area (Å²) >= 11 is 0. The lowest BCUT2D eigenvalue weighted by atomic mass is 9.96. The van der Waals surface area contributed by atoms with Crippen molar-refractivity contribution >= 4 is 5.96 Å². The second-order valence-electron chi connectivity index (χ2n) is 6.36. The van der Waals surface area contributed by atoms with E-state index in [1.54, 1.807) is 14.0 Å². The van der Waals surface area contributed by atoms with Crippen molar-refractivity contribution in [2.45, 2.75) is 25.9 Å². The Kier molecular flexibility index (Phi) is 7.48. The number of nitrogens with one attached hydrogen (secondary N) is 2. The lowest BCUT2D eigenvalue weighted by Crippen LogP contribution is -2.39. The van der Waals surface area contributed by atoms with Crippen LogP contribution in [-0.2, 0) is 12.0 Å². The molecule has 0 radical (unpaired) electrons. The molecule has 5 heteroatoms. The van der Waals surface area contributed by atoms with E-state index in [2.05, 4.69) is 21.7 Å². The molecule has 0 aliphatic carbocycles. The summed E-state index contributed by atoms with van der Waals surface area (Å²) in [6.45, 7) is 5.59. The molecule has 0 aromatic heterocycles. The van der Waals surface area contributed by atoms with Crippen LogP contribution in [0.2, 0.25) is 0 Å². The average molecular weight is 355 g/mol.